The molecule has 24 heavy (non-hydrogen) atoms. The zero-order valence-electron chi connectivity index (χ0n) is 14.0. The lowest BCUT2D eigenvalue weighted by Crippen LogP contribution is -2.47. The fourth-order valence-electron chi connectivity index (χ4n) is 3.13. The van der Waals surface area contributed by atoms with E-state index in [0.29, 0.717) is 0 Å². The molecule has 0 aromatic heterocycles. The molecular formula is C19H23N3O2. The molecule has 5 nitrogen and oxygen atoms in total. The number of piperazine rings is 1. The van der Waals surface area contributed by atoms with Crippen LogP contribution in [0.15, 0.2) is 48.5 Å². The van der Waals surface area contributed by atoms with Gasteiger partial charge in [-0.25, -0.2) is 0 Å². The largest absolute Gasteiger partial charge is 0.369 e. The van der Waals surface area contributed by atoms with E-state index in [1.165, 1.54) is 11.3 Å². The highest BCUT2D eigenvalue weighted by Gasteiger charge is 2.17. The highest BCUT2D eigenvalue weighted by molar-refractivity contribution is 5.48. The fourth-order valence-corrected chi connectivity index (χ4v) is 3.13. The third kappa shape index (κ3) is 4.11. The van der Waals surface area contributed by atoms with E-state index >= 15 is 0 Å². The summed E-state index contributed by atoms with van der Waals surface area (Å²) in [4.78, 5) is 15.2. The molecule has 2 aromatic rings. The summed E-state index contributed by atoms with van der Waals surface area (Å²) in [7, 11) is 0. The number of aryl methyl sites for hydroxylation is 1. The number of nitro groups is 1. The quantitative estimate of drug-likeness (QED) is 0.625. The van der Waals surface area contributed by atoms with E-state index in [1.807, 2.05) is 12.1 Å². The minimum Gasteiger partial charge on any atom is -0.369 e. The van der Waals surface area contributed by atoms with Crippen LogP contribution in [0.5, 0.6) is 0 Å². The molecule has 0 spiro atoms. The number of nitro benzene ring substituents is 1. The van der Waals surface area contributed by atoms with Gasteiger partial charge in [-0.2, -0.15) is 0 Å². The van der Waals surface area contributed by atoms with Crippen LogP contribution >= 0.6 is 0 Å². The minimum atomic E-state index is -0.353. The molecule has 3 rings (SSSR count). The van der Waals surface area contributed by atoms with Gasteiger partial charge < -0.3 is 4.90 Å². The number of rotatable bonds is 5. The van der Waals surface area contributed by atoms with Gasteiger partial charge in [0.25, 0.3) is 5.69 Å². The molecule has 2 aromatic carbocycles. The highest BCUT2D eigenvalue weighted by atomic mass is 16.6. The van der Waals surface area contributed by atoms with E-state index in [9.17, 15) is 10.1 Å². The Hall–Kier alpha value is -2.40. The molecule has 0 amide bonds. The van der Waals surface area contributed by atoms with Gasteiger partial charge in [-0.15, -0.1) is 0 Å². The van der Waals surface area contributed by atoms with Crippen molar-refractivity contribution in [2.75, 3.05) is 37.6 Å². The summed E-state index contributed by atoms with van der Waals surface area (Å²) in [6.45, 7) is 7.33. The van der Waals surface area contributed by atoms with Gasteiger partial charge >= 0.3 is 0 Å². The van der Waals surface area contributed by atoms with Crippen LogP contribution in [-0.2, 0) is 6.42 Å². The van der Waals surface area contributed by atoms with Gasteiger partial charge in [-0.05, 0) is 36.6 Å². The van der Waals surface area contributed by atoms with Crippen molar-refractivity contribution < 1.29 is 4.92 Å². The topological polar surface area (TPSA) is 49.6 Å². The molecule has 0 aliphatic carbocycles. The van der Waals surface area contributed by atoms with Gasteiger partial charge in [0.05, 0.1) is 4.92 Å². The molecule has 126 valence electrons. The van der Waals surface area contributed by atoms with Crippen LogP contribution in [0, 0.1) is 17.0 Å². The average molecular weight is 325 g/mol. The van der Waals surface area contributed by atoms with E-state index in [4.69, 9.17) is 0 Å². The zero-order valence-corrected chi connectivity index (χ0v) is 14.0. The van der Waals surface area contributed by atoms with E-state index in [1.54, 1.807) is 12.1 Å². The number of non-ortho nitro benzene ring substituents is 1. The summed E-state index contributed by atoms with van der Waals surface area (Å²) >= 11 is 0. The van der Waals surface area contributed by atoms with Crippen LogP contribution in [-0.4, -0.2) is 42.5 Å². The van der Waals surface area contributed by atoms with Gasteiger partial charge in [0.2, 0.25) is 0 Å². The van der Waals surface area contributed by atoms with Crippen LogP contribution in [0.25, 0.3) is 0 Å². The molecule has 0 radical (unpaired) electrons. The molecule has 0 saturated carbocycles. The van der Waals surface area contributed by atoms with Crippen LogP contribution in [0.1, 0.15) is 11.1 Å². The van der Waals surface area contributed by atoms with Crippen molar-refractivity contribution in [2.24, 2.45) is 0 Å². The third-order valence-electron chi connectivity index (χ3n) is 4.60. The number of benzene rings is 2. The van der Waals surface area contributed by atoms with Crippen molar-refractivity contribution in [3.05, 3.63) is 69.8 Å². The first-order valence-corrected chi connectivity index (χ1v) is 8.39. The standard InChI is InChI=1S/C19H23N3O2/c1-16-3-2-4-19(15-16)21-13-11-20(12-14-21)10-9-17-5-7-18(8-6-17)22(23)24/h2-8,15H,9-14H2,1H3. The Kier molecular flexibility index (Phi) is 5.11. The molecule has 0 N–H and O–H groups in total. The molecule has 5 heteroatoms. The number of anilines is 1. The normalized spacial score (nSPS) is 15.5. The Balaban J connectivity index is 1.48. The Morgan fingerprint density at radius 3 is 2.38 bits per heavy atom. The summed E-state index contributed by atoms with van der Waals surface area (Å²) < 4.78 is 0. The Morgan fingerprint density at radius 2 is 1.75 bits per heavy atom. The summed E-state index contributed by atoms with van der Waals surface area (Å²) in [6.07, 6.45) is 0.933. The van der Waals surface area contributed by atoms with Crippen LogP contribution < -0.4 is 4.90 Å². The lowest BCUT2D eigenvalue weighted by Gasteiger charge is -2.36. The summed E-state index contributed by atoms with van der Waals surface area (Å²) in [5.41, 5.74) is 3.92. The van der Waals surface area contributed by atoms with Crippen LogP contribution in [0.2, 0.25) is 0 Å². The lowest BCUT2D eigenvalue weighted by atomic mass is 10.1. The maximum atomic E-state index is 10.7. The number of nitrogens with zero attached hydrogens (tertiary/aromatic N) is 3. The lowest BCUT2D eigenvalue weighted by molar-refractivity contribution is -0.384. The van der Waals surface area contributed by atoms with Gasteiger partial charge in [0.15, 0.2) is 0 Å². The van der Waals surface area contributed by atoms with Gasteiger partial charge in [0.1, 0.15) is 0 Å². The van der Waals surface area contributed by atoms with E-state index in [-0.39, 0.29) is 10.6 Å². The summed E-state index contributed by atoms with van der Waals surface area (Å²) in [5.74, 6) is 0. The first-order valence-electron chi connectivity index (χ1n) is 8.39. The molecule has 0 unspecified atom stereocenters. The van der Waals surface area contributed by atoms with Gasteiger partial charge in [-0.3, -0.25) is 15.0 Å². The minimum absolute atomic E-state index is 0.158. The zero-order chi connectivity index (χ0) is 16.9. The molecule has 0 atom stereocenters. The molecular weight excluding hydrogens is 302 g/mol. The second-order valence-corrected chi connectivity index (χ2v) is 6.34. The van der Waals surface area contributed by atoms with Gasteiger partial charge in [-0.1, -0.05) is 24.3 Å². The Labute approximate surface area is 142 Å². The molecule has 0 bridgehead atoms. The second-order valence-electron chi connectivity index (χ2n) is 6.34. The molecule has 1 aliphatic heterocycles. The summed E-state index contributed by atoms with van der Waals surface area (Å²) in [6, 6.07) is 15.6. The smallest absolute Gasteiger partial charge is 0.269 e. The second kappa shape index (κ2) is 7.45. The molecule has 1 aliphatic rings. The van der Waals surface area contributed by atoms with Crippen LogP contribution in [0.4, 0.5) is 11.4 Å². The van der Waals surface area contributed by atoms with Crippen molar-refractivity contribution in [1.82, 2.24) is 4.90 Å². The number of hydrogen-bond acceptors (Lipinski definition) is 4. The maximum absolute atomic E-state index is 10.7. The molecule has 1 saturated heterocycles. The van der Waals surface area contributed by atoms with Crippen molar-refractivity contribution in [3.63, 3.8) is 0 Å². The fraction of sp³-hybridized carbons (Fsp3) is 0.368. The maximum Gasteiger partial charge on any atom is 0.269 e. The van der Waals surface area contributed by atoms with Crippen molar-refractivity contribution in [3.8, 4) is 0 Å². The Morgan fingerprint density at radius 1 is 1.04 bits per heavy atom. The summed E-state index contributed by atoms with van der Waals surface area (Å²) in [5, 5.41) is 10.7. The van der Waals surface area contributed by atoms with E-state index in [0.717, 1.165) is 44.7 Å². The van der Waals surface area contributed by atoms with Gasteiger partial charge in [0, 0.05) is 50.5 Å². The number of hydrogen-bond donors (Lipinski definition) is 0. The van der Waals surface area contributed by atoms with Crippen LogP contribution in [0.3, 0.4) is 0 Å². The highest BCUT2D eigenvalue weighted by Crippen LogP contribution is 2.18. The monoisotopic (exact) mass is 325 g/mol. The Bertz CT molecular complexity index is 692. The van der Waals surface area contributed by atoms with Crippen molar-refractivity contribution in [1.29, 1.82) is 0 Å². The van der Waals surface area contributed by atoms with E-state index < -0.39 is 0 Å². The first-order chi connectivity index (χ1) is 11.6. The van der Waals surface area contributed by atoms with E-state index in [2.05, 4.69) is 41.0 Å². The SMILES string of the molecule is Cc1cccc(N2CCN(CCc3ccc([N+](=O)[O-])cc3)CC2)c1. The molecule has 1 fully saturated rings. The third-order valence-corrected chi connectivity index (χ3v) is 4.60. The average Bonchev–Trinajstić information content (AvgIpc) is 2.61. The first kappa shape index (κ1) is 16.5. The van der Waals surface area contributed by atoms with Crippen molar-refractivity contribution >= 4 is 11.4 Å². The predicted molar refractivity (Wildman–Crippen MR) is 96.6 cm³/mol. The molecule has 1 heterocycles. The van der Waals surface area contributed by atoms with Crippen molar-refractivity contribution in [2.45, 2.75) is 13.3 Å². The predicted octanol–water partition coefficient (Wildman–Crippen LogP) is 3.27.